The molecule has 25 heavy (non-hydrogen) atoms. The molecule has 2 heterocycles. The summed E-state index contributed by atoms with van der Waals surface area (Å²) in [5.74, 6) is -0.492. The van der Waals surface area contributed by atoms with Gasteiger partial charge in [-0.3, -0.25) is 20.2 Å². The Balaban J connectivity index is 1.71. The summed E-state index contributed by atoms with van der Waals surface area (Å²) in [6.07, 6.45) is 13.0. The van der Waals surface area contributed by atoms with Crippen LogP contribution in [0.4, 0.5) is 0 Å². The number of hydrazine groups is 1. The van der Waals surface area contributed by atoms with E-state index in [0.29, 0.717) is 18.0 Å². The topological polar surface area (TPSA) is 107 Å². The van der Waals surface area contributed by atoms with Crippen LogP contribution in [0.5, 0.6) is 0 Å². The van der Waals surface area contributed by atoms with Crippen molar-refractivity contribution in [3.63, 3.8) is 0 Å². The van der Waals surface area contributed by atoms with Gasteiger partial charge in [0.1, 0.15) is 6.33 Å². The van der Waals surface area contributed by atoms with E-state index in [1.165, 1.54) is 25.1 Å². The Morgan fingerprint density at radius 2 is 1.92 bits per heavy atom. The molecule has 2 rings (SSSR count). The molecule has 0 radical (unpaired) electrons. The zero-order chi connectivity index (χ0) is 17.9. The normalized spacial score (nSPS) is 17.9. The molecule has 0 aromatic carbocycles. The standard InChI is InChI=1S/C17H27N5O3/c23-16(21-25)9-4-2-1-3-7-15-8-5-6-10-22(15)20-17(24)14-11-18-13-19-12-14/h11-13,15,25H,1-10H2,(H,20,24)(H,21,23). The van der Waals surface area contributed by atoms with Crippen molar-refractivity contribution in [1.29, 1.82) is 0 Å². The molecular formula is C17H27N5O3. The van der Waals surface area contributed by atoms with Gasteiger partial charge in [-0.25, -0.2) is 20.5 Å². The van der Waals surface area contributed by atoms with Crippen molar-refractivity contribution in [3.8, 4) is 0 Å². The second kappa shape index (κ2) is 10.7. The van der Waals surface area contributed by atoms with Gasteiger partial charge in [0.2, 0.25) is 5.91 Å². The Bertz CT molecular complexity index is 540. The Hall–Kier alpha value is -2.06. The lowest BCUT2D eigenvalue weighted by atomic mass is 9.98. The van der Waals surface area contributed by atoms with Gasteiger partial charge in [-0.1, -0.05) is 25.7 Å². The smallest absolute Gasteiger partial charge is 0.268 e. The minimum atomic E-state index is -0.328. The molecule has 2 amide bonds. The second-order valence-corrected chi connectivity index (χ2v) is 6.40. The summed E-state index contributed by atoms with van der Waals surface area (Å²) in [4.78, 5) is 31.0. The quantitative estimate of drug-likeness (QED) is 0.357. The molecule has 1 unspecified atom stereocenters. The molecule has 1 aliphatic heterocycles. The van der Waals surface area contributed by atoms with E-state index in [9.17, 15) is 9.59 Å². The molecule has 1 fully saturated rings. The summed E-state index contributed by atoms with van der Waals surface area (Å²) in [5, 5.41) is 10.5. The van der Waals surface area contributed by atoms with E-state index in [-0.39, 0.29) is 11.8 Å². The molecule has 1 aromatic heterocycles. The largest absolute Gasteiger partial charge is 0.289 e. The summed E-state index contributed by atoms with van der Waals surface area (Å²) >= 11 is 0. The van der Waals surface area contributed by atoms with Crippen LogP contribution in [-0.4, -0.2) is 44.6 Å². The van der Waals surface area contributed by atoms with E-state index in [1.807, 2.05) is 0 Å². The van der Waals surface area contributed by atoms with Crippen molar-refractivity contribution in [1.82, 2.24) is 25.9 Å². The number of hydrogen-bond donors (Lipinski definition) is 3. The van der Waals surface area contributed by atoms with Crippen LogP contribution >= 0.6 is 0 Å². The van der Waals surface area contributed by atoms with Gasteiger partial charge >= 0.3 is 0 Å². The first-order valence-corrected chi connectivity index (χ1v) is 8.96. The number of rotatable bonds is 9. The van der Waals surface area contributed by atoms with E-state index >= 15 is 0 Å². The molecular weight excluding hydrogens is 322 g/mol. The number of hydroxylamine groups is 1. The van der Waals surface area contributed by atoms with Crippen LogP contribution in [0.2, 0.25) is 0 Å². The predicted molar refractivity (Wildman–Crippen MR) is 91.5 cm³/mol. The van der Waals surface area contributed by atoms with Crippen LogP contribution < -0.4 is 10.9 Å². The molecule has 1 atom stereocenters. The van der Waals surface area contributed by atoms with Crippen molar-refractivity contribution in [3.05, 3.63) is 24.3 Å². The molecule has 0 spiro atoms. The lowest BCUT2D eigenvalue weighted by Crippen LogP contribution is -2.51. The van der Waals surface area contributed by atoms with Gasteiger partial charge in [0.05, 0.1) is 5.56 Å². The molecule has 8 heteroatoms. The molecule has 3 N–H and O–H groups in total. The molecule has 0 bridgehead atoms. The Labute approximate surface area is 148 Å². The van der Waals surface area contributed by atoms with Crippen LogP contribution in [0.1, 0.15) is 68.1 Å². The Kier molecular flexibility index (Phi) is 8.27. The number of amides is 2. The average Bonchev–Trinajstić information content (AvgIpc) is 2.66. The number of carbonyl (C=O) groups is 2. The first kappa shape index (κ1) is 19.3. The summed E-state index contributed by atoms with van der Waals surface area (Å²) in [6, 6.07) is 0.350. The highest BCUT2D eigenvalue weighted by molar-refractivity contribution is 5.93. The van der Waals surface area contributed by atoms with Gasteiger partial charge in [0, 0.05) is 31.4 Å². The number of nitrogens with zero attached hydrogens (tertiary/aromatic N) is 3. The minimum absolute atomic E-state index is 0.164. The molecule has 0 aliphatic carbocycles. The Morgan fingerprint density at radius 3 is 2.68 bits per heavy atom. The first-order valence-electron chi connectivity index (χ1n) is 8.96. The monoisotopic (exact) mass is 349 g/mol. The van der Waals surface area contributed by atoms with E-state index in [0.717, 1.165) is 51.5 Å². The number of nitrogens with one attached hydrogen (secondary N) is 2. The second-order valence-electron chi connectivity index (χ2n) is 6.40. The fourth-order valence-electron chi connectivity index (χ4n) is 3.13. The lowest BCUT2D eigenvalue weighted by molar-refractivity contribution is -0.129. The minimum Gasteiger partial charge on any atom is -0.289 e. The summed E-state index contributed by atoms with van der Waals surface area (Å²) in [7, 11) is 0. The lowest BCUT2D eigenvalue weighted by Gasteiger charge is -2.35. The van der Waals surface area contributed by atoms with Crippen molar-refractivity contribution >= 4 is 11.8 Å². The van der Waals surface area contributed by atoms with Crippen molar-refractivity contribution < 1.29 is 14.8 Å². The van der Waals surface area contributed by atoms with Crippen LogP contribution in [0, 0.1) is 0 Å². The summed E-state index contributed by atoms with van der Waals surface area (Å²) in [5.41, 5.74) is 5.11. The SMILES string of the molecule is O=C(CCCCCCC1CCCCN1NC(=O)c1cncnc1)NO. The van der Waals surface area contributed by atoms with Crippen LogP contribution in [0.3, 0.4) is 0 Å². The van der Waals surface area contributed by atoms with Crippen LogP contribution in [0.25, 0.3) is 0 Å². The van der Waals surface area contributed by atoms with Crippen LogP contribution in [-0.2, 0) is 4.79 Å². The van der Waals surface area contributed by atoms with Crippen molar-refractivity contribution in [2.24, 2.45) is 0 Å². The number of aromatic nitrogens is 2. The maximum absolute atomic E-state index is 12.3. The number of unbranched alkanes of at least 4 members (excludes halogenated alkanes) is 3. The third-order valence-electron chi connectivity index (χ3n) is 4.51. The molecule has 1 saturated heterocycles. The Morgan fingerprint density at radius 1 is 1.16 bits per heavy atom. The van der Waals surface area contributed by atoms with Gasteiger partial charge in [0.25, 0.3) is 5.91 Å². The fourth-order valence-corrected chi connectivity index (χ4v) is 3.13. The van der Waals surface area contributed by atoms with E-state index in [2.05, 4.69) is 20.4 Å². The summed E-state index contributed by atoms with van der Waals surface area (Å²) in [6.45, 7) is 0.862. The molecule has 8 nitrogen and oxygen atoms in total. The van der Waals surface area contributed by atoms with Gasteiger partial charge in [0.15, 0.2) is 0 Å². The maximum Gasteiger partial charge on any atom is 0.268 e. The van der Waals surface area contributed by atoms with E-state index < -0.39 is 0 Å². The van der Waals surface area contributed by atoms with Crippen LogP contribution in [0.15, 0.2) is 18.7 Å². The van der Waals surface area contributed by atoms with Gasteiger partial charge in [-0.2, -0.15) is 0 Å². The highest BCUT2D eigenvalue weighted by atomic mass is 16.5. The van der Waals surface area contributed by atoms with Gasteiger partial charge in [-0.05, 0) is 25.7 Å². The highest BCUT2D eigenvalue weighted by Crippen LogP contribution is 2.20. The van der Waals surface area contributed by atoms with Gasteiger partial charge < -0.3 is 0 Å². The number of carbonyl (C=O) groups excluding carboxylic acids is 2. The first-order chi connectivity index (χ1) is 12.2. The fraction of sp³-hybridized carbons (Fsp3) is 0.647. The number of piperidine rings is 1. The third-order valence-corrected chi connectivity index (χ3v) is 4.51. The predicted octanol–water partition coefficient (Wildman–Crippen LogP) is 1.82. The van der Waals surface area contributed by atoms with Crippen molar-refractivity contribution in [2.75, 3.05) is 6.54 Å². The molecule has 1 aliphatic rings. The van der Waals surface area contributed by atoms with E-state index in [4.69, 9.17) is 5.21 Å². The molecule has 0 saturated carbocycles. The zero-order valence-corrected chi connectivity index (χ0v) is 14.5. The van der Waals surface area contributed by atoms with Gasteiger partial charge in [-0.15, -0.1) is 0 Å². The number of hydrogen-bond acceptors (Lipinski definition) is 6. The zero-order valence-electron chi connectivity index (χ0n) is 14.5. The third kappa shape index (κ3) is 6.75. The maximum atomic E-state index is 12.3. The summed E-state index contributed by atoms with van der Waals surface area (Å²) < 4.78 is 0. The van der Waals surface area contributed by atoms with E-state index in [1.54, 1.807) is 5.48 Å². The van der Waals surface area contributed by atoms with Crippen molar-refractivity contribution in [2.45, 2.75) is 63.8 Å². The average molecular weight is 349 g/mol. The molecule has 138 valence electrons. The highest BCUT2D eigenvalue weighted by Gasteiger charge is 2.24. The molecule has 1 aromatic rings.